The highest BCUT2D eigenvalue weighted by Crippen LogP contribution is 2.28. The van der Waals surface area contributed by atoms with Gasteiger partial charge in [-0.05, 0) is 40.2 Å². The molecular formula is C15H24N6O2. The maximum absolute atomic E-state index is 12.3. The van der Waals surface area contributed by atoms with Gasteiger partial charge in [0.05, 0.1) is 6.04 Å². The number of aryl methyl sites for hydroxylation is 1. The Morgan fingerprint density at radius 2 is 2.04 bits per heavy atom. The van der Waals surface area contributed by atoms with E-state index in [4.69, 9.17) is 0 Å². The Morgan fingerprint density at radius 1 is 1.26 bits per heavy atom. The number of hydrogen-bond donors (Lipinski definition) is 2. The van der Waals surface area contributed by atoms with Crippen LogP contribution in [0.1, 0.15) is 50.8 Å². The van der Waals surface area contributed by atoms with Crippen LogP contribution in [0.2, 0.25) is 0 Å². The molecular weight excluding hydrogens is 296 g/mol. The zero-order valence-electron chi connectivity index (χ0n) is 13.9. The van der Waals surface area contributed by atoms with E-state index in [1.54, 1.807) is 13.8 Å². The number of nitrogens with one attached hydrogen (secondary N) is 2. The fourth-order valence-corrected chi connectivity index (χ4v) is 3.31. The van der Waals surface area contributed by atoms with Gasteiger partial charge < -0.3 is 5.32 Å². The molecule has 2 saturated heterocycles. The Morgan fingerprint density at radius 3 is 2.65 bits per heavy atom. The summed E-state index contributed by atoms with van der Waals surface area (Å²) in [5, 5.41) is 9.89. The number of H-pyrrole nitrogens is 1. The smallest absolute Gasteiger partial charge is 0.324 e. The van der Waals surface area contributed by atoms with E-state index in [1.165, 1.54) is 4.90 Å². The average molecular weight is 320 g/mol. The third kappa shape index (κ3) is 3.08. The largest absolute Gasteiger partial charge is 0.325 e. The van der Waals surface area contributed by atoms with Crippen molar-refractivity contribution in [3.63, 3.8) is 0 Å². The maximum atomic E-state index is 12.3. The summed E-state index contributed by atoms with van der Waals surface area (Å²) in [6, 6.07) is -0.148. The maximum Gasteiger partial charge on any atom is 0.325 e. The second-order valence-corrected chi connectivity index (χ2v) is 6.84. The Hall–Kier alpha value is -1.96. The fraction of sp³-hybridized carbons (Fsp3) is 0.733. The summed E-state index contributed by atoms with van der Waals surface area (Å²) < 4.78 is 0. The summed E-state index contributed by atoms with van der Waals surface area (Å²) in [5.41, 5.74) is -0.806. The van der Waals surface area contributed by atoms with Gasteiger partial charge in [-0.2, -0.15) is 5.10 Å². The molecule has 23 heavy (non-hydrogen) atoms. The van der Waals surface area contributed by atoms with E-state index in [2.05, 4.69) is 25.4 Å². The first kappa shape index (κ1) is 15.9. The van der Waals surface area contributed by atoms with Crippen LogP contribution in [0.15, 0.2) is 0 Å². The first-order valence-electron chi connectivity index (χ1n) is 8.15. The second kappa shape index (κ2) is 5.92. The van der Waals surface area contributed by atoms with Crippen molar-refractivity contribution < 1.29 is 9.59 Å². The third-order valence-electron chi connectivity index (χ3n) is 4.58. The number of imide groups is 1. The highest BCUT2D eigenvalue weighted by molar-refractivity contribution is 6.06. The number of piperidine rings is 1. The molecule has 0 bridgehead atoms. The van der Waals surface area contributed by atoms with E-state index >= 15 is 0 Å². The summed E-state index contributed by atoms with van der Waals surface area (Å²) in [4.78, 5) is 32.3. The van der Waals surface area contributed by atoms with Crippen molar-refractivity contribution in [2.75, 3.05) is 19.6 Å². The van der Waals surface area contributed by atoms with E-state index in [0.29, 0.717) is 13.1 Å². The molecule has 2 fully saturated rings. The van der Waals surface area contributed by atoms with Crippen LogP contribution in [-0.4, -0.2) is 62.1 Å². The number of rotatable bonds is 4. The first-order chi connectivity index (χ1) is 10.9. The lowest BCUT2D eigenvalue weighted by Gasteiger charge is -2.34. The molecule has 0 saturated carbocycles. The molecule has 1 atom stereocenters. The van der Waals surface area contributed by atoms with Crippen LogP contribution in [0.25, 0.3) is 0 Å². The van der Waals surface area contributed by atoms with Gasteiger partial charge in [-0.25, -0.2) is 9.78 Å². The normalized spacial score (nSPS) is 25.0. The second-order valence-electron chi connectivity index (χ2n) is 6.84. The monoisotopic (exact) mass is 320 g/mol. The summed E-state index contributed by atoms with van der Waals surface area (Å²) in [6.07, 6.45) is 3.26. The number of carbonyl (C=O) groups excluding carboxylic acids is 2. The van der Waals surface area contributed by atoms with Crippen molar-refractivity contribution in [2.24, 2.45) is 0 Å². The molecule has 0 spiro atoms. The lowest BCUT2D eigenvalue weighted by atomic mass is 10.0. The highest BCUT2D eigenvalue weighted by atomic mass is 16.2. The number of amides is 3. The van der Waals surface area contributed by atoms with Crippen LogP contribution in [0.3, 0.4) is 0 Å². The van der Waals surface area contributed by atoms with Crippen LogP contribution < -0.4 is 5.32 Å². The van der Waals surface area contributed by atoms with E-state index in [1.807, 2.05) is 6.92 Å². The number of likely N-dealkylation sites (tertiary alicyclic amines) is 1. The van der Waals surface area contributed by atoms with Crippen LogP contribution >= 0.6 is 0 Å². The van der Waals surface area contributed by atoms with Gasteiger partial charge in [0.15, 0.2) is 5.82 Å². The first-order valence-corrected chi connectivity index (χ1v) is 8.15. The van der Waals surface area contributed by atoms with Gasteiger partial charge in [-0.15, -0.1) is 0 Å². The quantitative estimate of drug-likeness (QED) is 0.806. The molecule has 2 N–H and O–H groups in total. The van der Waals surface area contributed by atoms with Crippen LogP contribution in [-0.2, 0) is 4.79 Å². The van der Waals surface area contributed by atoms with Crippen molar-refractivity contribution in [3.05, 3.63) is 11.6 Å². The summed E-state index contributed by atoms with van der Waals surface area (Å²) in [6.45, 7) is 7.33. The number of nitrogens with zero attached hydrogens (tertiary/aromatic N) is 4. The van der Waals surface area contributed by atoms with E-state index < -0.39 is 5.54 Å². The predicted molar refractivity (Wildman–Crippen MR) is 83.6 cm³/mol. The predicted octanol–water partition coefficient (Wildman–Crippen LogP) is 0.971. The molecule has 2 aliphatic heterocycles. The molecule has 0 aromatic carbocycles. The molecule has 2 aliphatic rings. The molecule has 8 nitrogen and oxygen atoms in total. The SMILES string of the molecule is Cc1nc([C@@H]2CCCCN2CCN2C(=O)NC(C)(C)C2=O)n[nH]1. The number of aromatic amines is 1. The van der Waals surface area contributed by atoms with Crippen molar-refractivity contribution in [1.29, 1.82) is 0 Å². The minimum Gasteiger partial charge on any atom is -0.324 e. The van der Waals surface area contributed by atoms with Crippen LogP contribution in [0.5, 0.6) is 0 Å². The zero-order chi connectivity index (χ0) is 16.6. The lowest BCUT2D eigenvalue weighted by Crippen LogP contribution is -2.43. The molecule has 8 heteroatoms. The highest BCUT2D eigenvalue weighted by Gasteiger charge is 2.44. The number of aromatic nitrogens is 3. The molecule has 1 aromatic heterocycles. The topological polar surface area (TPSA) is 94.2 Å². The molecule has 3 heterocycles. The molecule has 0 aliphatic carbocycles. The molecule has 3 amide bonds. The van der Waals surface area contributed by atoms with Crippen molar-refractivity contribution in [3.8, 4) is 0 Å². The van der Waals surface area contributed by atoms with E-state index in [-0.39, 0.29) is 18.0 Å². The molecule has 0 unspecified atom stereocenters. The fourth-order valence-electron chi connectivity index (χ4n) is 3.31. The van der Waals surface area contributed by atoms with Crippen molar-refractivity contribution in [2.45, 2.75) is 51.6 Å². The van der Waals surface area contributed by atoms with Crippen LogP contribution in [0, 0.1) is 6.92 Å². The van der Waals surface area contributed by atoms with Gasteiger partial charge in [0.25, 0.3) is 5.91 Å². The van der Waals surface area contributed by atoms with E-state index in [9.17, 15) is 9.59 Å². The van der Waals surface area contributed by atoms with Crippen molar-refractivity contribution >= 4 is 11.9 Å². The Bertz CT molecular complexity index is 611. The van der Waals surface area contributed by atoms with Gasteiger partial charge in [0.2, 0.25) is 0 Å². The average Bonchev–Trinajstić information content (AvgIpc) is 3.00. The Kier molecular flexibility index (Phi) is 4.09. The van der Waals surface area contributed by atoms with E-state index in [0.717, 1.165) is 37.5 Å². The lowest BCUT2D eigenvalue weighted by molar-refractivity contribution is -0.130. The zero-order valence-corrected chi connectivity index (χ0v) is 13.9. The van der Waals surface area contributed by atoms with Gasteiger partial charge >= 0.3 is 6.03 Å². The van der Waals surface area contributed by atoms with Gasteiger partial charge in [-0.1, -0.05) is 6.42 Å². The Balaban J connectivity index is 1.66. The molecule has 3 rings (SSSR count). The molecule has 0 radical (unpaired) electrons. The van der Waals surface area contributed by atoms with Gasteiger partial charge in [0, 0.05) is 13.1 Å². The number of urea groups is 1. The third-order valence-corrected chi connectivity index (χ3v) is 4.58. The summed E-state index contributed by atoms with van der Waals surface area (Å²) in [5.74, 6) is 1.45. The van der Waals surface area contributed by atoms with Gasteiger partial charge in [-0.3, -0.25) is 19.7 Å². The Labute approximate surface area is 135 Å². The summed E-state index contributed by atoms with van der Waals surface area (Å²) in [7, 11) is 0. The molecule has 126 valence electrons. The minimum atomic E-state index is -0.806. The molecule has 1 aromatic rings. The summed E-state index contributed by atoms with van der Waals surface area (Å²) >= 11 is 0. The number of carbonyl (C=O) groups is 2. The number of hydrogen-bond acceptors (Lipinski definition) is 5. The van der Waals surface area contributed by atoms with Crippen molar-refractivity contribution in [1.82, 2.24) is 30.3 Å². The van der Waals surface area contributed by atoms with Gasteiger partial charge in [0.1, 0.15) is 11.4 Å². The standard InChI is InChI=1S/C15H24N6O2/c1-10-16-12(19-18-10)11-6-4-5-7-20(11)8-9-21-13(22)15(2,3)17-14(21)23/h11H,4-9H2,1-3H3,(H,17,23)(H,16,18,19)/t11-/m0/s1. The minimum absolute atomic E-state index is 0.155. The van der Waals surface area contributed by atoms with Crippen LogP contribution in [0.4, 0.5) is 4.79 Å².